The first-order chi connectivity index (χ1) is 11.8. The van der Waals surface area contributed by atoms with Crippen LogP contribution in [0.15, 0.2) is 55.2 Å². The Morgan fingerprint density at radius 2 is 2.00 bits per heavy atom. The smallest absolute Gasteiger partial charge is 0.254 e. The molecule has 0 saturated carbocycles. The summed E-state index contributed by atoms with van der Waals surface area (Å²) in [5.74, 6) is 0.0734. The minimum atomic E-state index is 0.0734. The number of benzene rings is 1. The number of hydrogen-bond donors (Lipinski definition) is 0. The van der Waals surface area contributed by atoms with Gasteiger partial charge in [-0.15, -0.1) is 10.2 Å². The Kier molecular flexibility index (Phi) is 3.65. The molecule has 1 amide bonds. The third-order valence-corrected chi connectivity index (χ3v) is 4.62. The molecule has 0 bridgehead atoms. The quantitative estimate of drug-likeness (QED) is 0.745. The van der Waals surface area contributed by atoms with Crippen molar-refractivity contribution in [3.8, 4) is 5.69 Å². The molecule has 0 N–H and O–H groups in total. The summed E-state index contributed by atoms with van der Waals surface area (Å²) in [7, 11) is 0. The molecule has 0 aliphatic carbocycles. The molecule has 1 aliphatic heterocycles. The lowest BCUT2D eigenvalue weighted by atomic mass is 10.0. The molecule has 0 spiro atoms. The highest BCUT2D eigenvalue weighted by molar-refractivity contribution is 5.95. The van der Waals surface area contributed by atoms with Crippen molar-refractivity contribution >= 4 is 5.91 Å². The zero-order chi connectivity index (χ0) is 16.5. The molecule has 1 aromatic carbocycles. The summed E-state index contributed by atoms with van der Waals surface area (Å²) < 4.78 is 4.04. The average molecular weight is 321 g/mol. The van der Waals surface area contributed by atoms with Gasteiger partial charge in [0.15, 0.2) is 0 Å². The molecule has 1 atom stereocenters. The Bertz CT molecular complexity index is 852. The molecule has 2 aromatic heterocycles. The number of carbonyl (C=O) groups excluding carboxylic acids is 1. The minimum absolute atomic E-state index is 0.0734. The lowest BCUT2D eigenvalue weighted by molar-refractivity contribution is 0.0618. The van der Waals surface area contributed by atoms with E-state index in [1.807, 2.05) is 29.2 Å². The first kappa shape index (κ1) is 14.7. The molecular weight excluding hydrogens is 302 g/mol. The van der Waals surface area contributed by atoms with E-state index in [1.165, 1.54) is 5.69 Å². The van der Waals surface area contributed by atoms with E-state index in [0.717, 1.165) is 25.2 Å². The summed E-state index contributed by atoms with van der Waals surface area (Å²) in [6.45, 7) is 3.70. The Labute approximate surface area is 140 Å². The van der Waals surface area contributed by atoms with Gasteiger partial charge in [-0.05, 0) is 36.8 Å². The van der Waals surface area contributed by atoms with E-state index < -0.39 is 0 Å². The van der Waals surface area contributed by atoms with Crippen LogP contribution >= 0.6 is 0 Å². The standard InChI is InChI=1S/C18H19N5O/c1-2-16-17-7-4-8-21(17)9-10-23(16)18(24)14-5-3-6-15(11-14)22-12-19-20-13-22/h3-8,11-13,16H,2,9-10H2,1H3/t16-/m1/s1. The minimum Gasteiger partial charge on any atom is -0.348 e. The average Bonchev–Trinajstić information content (AvgIpc) is 3.31. The van der Waals surface area contributed by atoms with Crippen molar-refractivity contribution < 1.29 is 4.79 Å². The number of hydrogen-bond acceptors (Lipinski definition) is 3. The first-order valence-electron chi connectivity index (χ1n) is 8.19. The maximum atomic E-state index is 13.1. The summed E-state index contributed by atoms with van der Waals surface area (Å²) in [6, 6.07) is 11.9. The van der Waals surface area contributed by atoms with Gasteiger partial charge < -0.3 is 9.47 Å². The van der Waals surface area contributed by atoms with Crippen LogP contribution in [-0.2, 0) is 6.54 Å². The number of amides is 1. The third-order valence-electron chi connectivity index (χ3n) is 4.62. The second-order valence-corrected chi connectivity index (χ2v) is 5.97. The molecule has 0 radical (unpaired) electrons. The normalized spacial score (nSPS) is 16.9. The van der Waals surface area contributed by atoms with Crippen LogP contribution in [0.1, 0.15) is 35.4 Å². The van der Waals surface area contributed by atoms with E-state index in [1.54, 1.807) is 17.2 Å². The Balaban J connectivity index is 1.65. The lowest BCUT2D eigenvalue weighted by Gasteiger charge is -2.36. The fourth-order valence-corrected chi connectivity index (χ4v) is 3.44. The molecular formula is C18H19N5O. The Morgan fingerprint density at radius 3 is 2.79 bits per heavy atom. The van der Waals surface area contributed by atoms with Crippen molar-refractivity contribution in [2.24, 2.45) is 0 Å². The van der Waals surface area contributed by atoms with Crippen molar-refractivity contribution in [2.75, 3.05) is 6.54 Å². The summed E-state index contributed by atoms with van der Waals surface area (Å²) in [5, 5.41) is 7.64. The SMILES string of the molecule is CC[C@@H]1c2cccn2CCN1C(=O)c1cccc(-n2cnnc2)c1. The number of carbonyl (C=O) groups is 1. The molecule has 3 aromatic rings. The highest BCUT2D eigenvalue weighted by atomic mass is 16.2. The van der Waals surface area contributed by atoms with Crippen molar-refractivity contribution in [1.29, 1.82) is 0 Å². The fourth-order valence-electron chi connectivity index (χ4n) is 3.44. The van der Waals surface area contributed by atoms with Crippen LogP contribution in [0.4, 0.5) is 0 Å². The number of rotatable bonds is 3. The van der Waals surface area contributed by atoms with Gasteiger partial charge in [-0.1, -0.05) is 13.0 Å². The van der Waals surface area contributed by atoms with Gasteiger partial charge in [0.25, 0.3) is 5.91 Å². The Hall–Kier alpha value is -2.89. The highest BCUT2D eigenvalue weighted by Crippen LogP contribution is 2.30. The molecule has 4 rings (SSSR count). The number of aromatic nitrogens is 4. The molecule has 0 unspecified atom stereocenters. The van der Waals surface area contributed by atoms with E-state index in [4.69, 9.17) is 0 Å². The third kappa shape index (κ3) is 2.40. The Morgan fingerprint density at radius 1 is 1.17 bits per heavy atom. The van der Waals surface area contributed by atoms with E-state index in [0.29, 0.717) is 5.56 Å². The van der Waals surface area contributed by atoms with E-state index >= 15 is 0 Å². The van der Waals surface area contributed by atoms with Crippen molar-refractivity contribution in [3.63, 3.8) is 0 Å². The van der Waals surface area contributed by atoms with Gasteiger partial charge in [-0.3, -0.25) is 9.36 Å². The molecule has 0 fully saturated rings. The van der Waals surface area contributed by atoms with Gasteiger partial charge in [-0.25, -0.2) is 0 Å². The number of nitrogens with zero attached hydrogens (tertiary/aromatic N) is 5. The molecule has 1 aliphatic rings. The summed E-state index contributed by atoms with van der Waals surface area (Å²) >= 11 is 0. The molecule has 0 saturated heterocycles. The topological polar surface area (TPSA) is 56.0 Å². The lowest BCUT2D eigenvalue weighted by Crippen LogP contribution is -2.41. The van der Waals surface area contributed by atoms with Gasteiger partial charge in [0.2, 0.25) is 0 Å². The summed E-state index contributed by atoms with van der Waals surface area (Å²) in [5.41, 5.74) is 2.80. The molecule has 6 heteroatoms. The maximum Gasteiger partial charge on any atom is 0.254 e. The maximum absolute atomic E-state index is 13.1. The van der Waals surface area contributed by atoms with Crippen LogP contribution in [0.25, 0.3) is 5.69 Å². The van der Waals surface area contributed by atoms with Crippen LogP contribution in [0.2, 0.25) is 0 Å². The van der Waals surface area contributed by atoms with Gasteiger partial charge >= 0.3 is 0 Å². The van der Waals surface area contributed by atoms with Crippen molar-refractivity contribution in [1.82, 2.24) is 24.2 Å². The van der Waals surface area contributed by atoms with Gasteiger partial charge in [0, 0.05) is 36.2 Å². The zero-order valence-electron chi connectivity index (χ0n) is 13.5. The second-order valence-electron chi connectivity index (χ2n) is 5.97. The van der Waals surface area contributed by atoms with E-state index in [2.05, 4.69) is 40.0 Å². The largest absolute Gasteiger partial charge is 0.348 e. The van der Waals surface area contributed by atoms with E-state index in [-0.39, 0.29) is 11.9 Å². The van der Waals surface area contributed by atoms with Gasteiger partial charge in [0.1, 0.15) is 12.7 Å². The van der Waals surface area contributed by atoms with Crippen molar-refractivity contribution in [2.45, 2.75) is 25.9 Å². The monoisotopic (exact) mass is 321 g/mol. The van der Waals surface area contributed by atoms with Gasteiger partial charge in [0.05, 0.1) is 6.04 Å². The fraction of sp³-hybridized carbons (Fsp3) is 0.278. The zero-order valence-corrected chi connectivity index (χ0v) is 13.5. The first-order valence-corrected chi connectivity index (χ1v) is 8.19. The van der Waals surface area contributed by atoms with Crippen LogP contribution in [-0.4, -0.2) is 36.7 Å². The predicted molar refractivity (Wildman–Crippen MR) is 89.9 cm³/mol. The molecule has 122 valence electrons. The van der Waals surface area contributed by atoms with Crippen LogP contribution in [0, 0.1) is 0 Å². The number of fused-ring (bicyclic) bond motifs is 1. The van der Waals surface area contributed by atoms with Crippen LogP contribution < -0.4 is 0 Å². The van der Waals surface area contributed by atoms with Crippen molar-refractivity contribution in [3.05, 3.63) is 66.5 Å². The second kappa shape index (κ2) is 5.96. The highest BCUT2D eigenvalue weighted by Gasteiger charge is 2.30. The molecule has 6 nitrogen and oxygen atoms in total. The predicted octanol–water partition coefficient (Wildman–Crippen LogP) is 2.68. The molecule has 3 heterocycles. The van der Waals surface area contributed by atoms with Gasteiger partial charge in [-0.2, -0.15) is 0 Å². The van der Waals surface area contributed by atoms with E-state index in [9.17, 15) is 4.79 Å². The van der Waals surface area contributed by atoms with Crippen LogP contribution in [0.3, 0.4) is 0 Å². The summed E-state index contributed by atoms with van der Waals surface area (Å²) in [6.07, 6.45) is 6.26. The summed E-state index contributed by atoms with van der Waals surface area (Å²) in [4.78, 5) is 15.1. The molecule has 24 heavy (non-hydrogen) atoms. The van der Waals surface area contributed by atoms with Crippen LogP contribution in [0.5, 0.6) is 0 Å².